The molecule has 4 heteroatoms. The van der Waals surface area contributed by atoms with Crippen LogP contribution in [0.1, 0.15) is 11.1 Å². The summed E-state index contributed by atoms with van der Waals surface area (Å²) in [5, 5.41) is 12.6. The average Bonchev–Trinajstić information content (AvgIpc) is 2.24. The Bertz CT molecular complexity index is 331. The van der Waals surface area contributed by atoms with Gasteiger partial charge in [0, 0.05) is 24.7 Å². The molecule has 0 aliphatic rings. The molecule has 16 heavy (non-hydrogen) atoms. The molecule has 90 valence electrons. The molecule has 2 N–H and O–H groups in total. The predicted octanol–water partition coefficient (Wildman–Crippen LogP) is 1.85. The molecular weight excluding hydrogens is 270 g/mol. The first kappa shape index (κ1) is 13.6. The minimum absolute atomic E-state index is 0.367. The van der Waals surface area contributed by atoms with Crippen LogP contribution in [0, 0.1) is 6.92 Å². The molecule has 0 amide bonds. The number of aryl methyl sites for hydroxylation is 1. The second kappa shape index (κ2) is 7.01. The Morgan fingerprint density at radius 1 is 1.50 bits per heavy atom. The van der Waals surface area contributed by atoms with E-state index in [2.05, 4.69) is 40.3 Å². The number of aliphatic hydroxyl groups is 1. The fourth-order valence-corrected chi connectivity index (χ4v) is 1.70. The molecule has 1 aromatic carbocycles. The van der Waals surface area contributed by atoms with Crippen molar-refractivity contribution in [2.75, 3.05) is 20.3 Å². The van der Waals surface area contributed by atoms with E-state index in [4.69, 9.17) is 4.74 Å². The van der Waals surface area contributed by atoms with Gasteiger partial charge in [0.05, 0.1) is 12.7 Å². The number of benzene rings is 1. The number of methoxy groups -OCH3 is 1. The van der Waals surface area contributed by atoms with Crippen LogP contribution in [0.25, 0.3) is 0 Å². The summed E-state index contributed by atoms with van der Waals surface area (Å²) in [7, 11) is 1.58. The summed E-state index contributed by atoms with van der Waals surface area (Å²) in [6, 6.07) is 6.23. The summed E-state index contributed by atoms with van der Waals surface area (Å²) in [4.78, 5) is 0. The minimum Gasteiger partial charge on any atom is -0.389 e. The zero-order chi connectivity index (χ0) is 12.0. The standard InChI is InChI=1S/C12H18BrNO2/c1-9-5-10(3-4-12(9)13)6-14-7-11(15)8-16-2/h3-5,11,14-15H,6-8H2,1-2H3/t11-/m1/s1. The first-order chi connectivity index (χ1) is 7.63. The molecule has 0 fully saturated rings. The van der Waals surface area contributed by atoms with Gasteiger partial charge in [0.2, 0.25) is 0 Å². The van der Waals surface area contributed by atoms with Crippen LogP contribution in [-0.4, -0.2) is 31.5 Å². The van der Waals surface area contributed by atoms with Crippen LogP contribution in [0.3, 0.4) is 0 Å². The summed E-state index contributed by atoms with van der Waals surface area (Å²) in [6.45, 7) is 3.73. The van der Waals surface area contributed by atoms with E-state index in [1.807, 2.05) is 6.07 Å². The lowest BCUT2D eigenvalue weighted by molar-refractivity contribution is 0.0644. The summed E-state index contributed by atoms with van der Waals surface area (Å²) >= 11 is 3.46. The molecule has 0 spiro atoms. The highest BCUT2D eigenvalue weighted by molar-refractivity contribution is 9.10. The van der Waals surface area contributed by atoms with Crippen LogP contribution >= 0.6 is 15.9 Å². The normalized spacial score (nSPS) is 12.8. The summed E-state index contributed by atoms with van der Waals surface area (Å²) in [6.07, 6.45) is -0.443. The molecule has 0 saturated carbocycles. The van der Waals surface area contributed by atoms with Gasteiger partial charge >= 0.3 is 0 Å². The predicted molar refractivity (Wildman–Crippen MR) is 68.5 cm³/mol. The number of halogens is 1. The minimum atomic E-state index is -0.443. The fourth-order valence-electron chi connectivity index (χ4n) is 1.45. The van der Waals surface area contributed by atoms with E-state index in [9.17, 15) is 5.11 Å². The lowest BCUT2D eigenvalue weighted by atomic mass is 10.1. The van der Waals surface area contributed by atoms with E-state index < -0.39 is 6.10 Å². The third-order valence-corrected chi connectivity index (χ3v) is 3.18. The second-order valence-corrected chi connectivity index (χ2v) is 4.68. The number of ether oxygens (including phenoxy) is 1. The lowest BCUT2D eigenvalue weighted by Crippen LogP contribution is -2.29. The molecule has 0 unspecified atom stereocenters. The van der Waals surface area contributed by atoms with E-state index in [0.717, 1.165) is 11.0 Å². The molecule has 3 nitrogen and oxygen atoms in total. The van der Waals surface area contributed by atoms with Crippen molar-refractivity contribution >= 4 is 15.9 Å². The number of nitrogens with one attached hydrogen (secondary N) is 1. The highest BCUT2D eigenvalue weighted by Crippen LogP contribution is 2.16. The van der Waals surface area contributed by atoms with Crippen molar-refractivity contribution in [3.05, 3.63) is 33.8 Å². The van der Waals surface area contributed by atoms with Gasteiger partial charge in [-0.15, -0.1) is 0 Å². The highest BCUT2D eigenvalue weighted by atomic mass is 79.9. The molecule has 0 aliphatic carbocycles. The topological polar surface area (TPSA) is 41.5 Å². The average molecular weight is 288 g/mol. The maximum absolute atomic E-state index is 9.43. The molecule has 1 atom stereocenters. The van der Waals surface area contributed by atoms with Crippen LogP contribution in [-0.2, 0) is 11.3 Å². The summed E-state index contributed by atoms with van der Waals surface area (Å²) in [5.41, 5.74) is 2.43. The van der Waals surface area contributed by atoms with Gasteiger partial charge in [-0.05, 0) is 24.1 Å². The largest absolute Gasteiger partial charge is 0.389 e. The second-order valence-electron chi connectivity index (χ2n) is 3.82. The Hall–Kier alpha value is -0.420. The smallest absolute Gasteiger partial charge is 0.0897 e. The van der Waals surface area contributed by atoms with E-state index in [-0.39, 0.29) is 0 Å². The molecule has 1 aromatic rings. The van der Waals surface area contributed by atoms with Gasteiger partial charge in [0.1, 0.15) is 0 Å². The summed E-state index contributed by atoms with van der Waals surface area (Å²) in [5.74, 6) is 0. The molecule has 0 saturated heterocycles. The molecule has 1 rings (SSSR count). The number of rotatable bonds is 6. The van der Waals surface area contributed by atoms with Gasteiger partial charge in [-0.25, -0.2) is 0 Å². The molecule has 0 aliphatic heterocycles. The van der Waals surface area contributed by atoms with E-state index in [0.29, 0.717) is 13.2 Å². The van der Waals surface area contributed by atoms with Gasteiger partial charge in [-0.3, -0.25) is 0 Å². The Kier molecular flexibility index (Phi) is 5.98. The SMILES string of the molecule is COC[C@H](O)CNCc1ccc(Br)c(C)c1. The van der Waals surface area contributed by atoms with Gasteiger partial charge in [0.15, 0.2) is 0 Å². The Balaban J connectivity index is 2.34. The molecule has 0 bridgehead atoms. The number of aliphatic hydroxyl groups excluding tert-OH is 1. The van der Waals surface area contributed by atoms with Crippen molar-refractivity contribution in [3.63, 3.8) is 0 Å². The first-order valence-corrected chi connectivity index (χ1v) is 6.05. The maximum Gasteiger partial charge on any atom is 0.0897 e. The van der Waals surface area contributed by atoms with Gasteiger partial charge in [-0.1, -0.05) is 28.1 Å². The zero-order valence-electron chi connectivity index (χ0n) is 9.66. The molecule has 0 heterocycles. The Labute approximate surface area is 105 Å². The maximum atomic E-state index is 9.43. The Morgan fingerprint density at radius 3 is 2.88 bits per heavy atom. The summed E-state index contributed by atoms with van der Waals surface area (Å²) < 4.78 is 5.97. The van der Waals surface area contributed by atoms with Crippen molar-refractivity contribution in [2.45, 2.75) is 19.6 Å². The van der Waals surface area contributed by atoms with Crippen molar-refractivity contribution < 1.29 is 9.84 Å². The van der Waals surface area contributed by atoms with Crippen LogP contribution in [0.4, 0.5) is 0 Å². The van der Waals surface area contributed by atoms with Crippen LogP contribution < -0.4 is 5.32 Å². The van der Waals surface area contributed by atoms with Crippen molar-refractivity contribution in [1.82, 2.24) is 5.32 Å². The monoisotopic (exact) mass is 287 g/mol. The third kappa shape index (κ3) is 4.61. The van der Waals surface area contributed by atoms with Crippen LogP contribution in [0.15, 0.2) is 22.7 Å². The van der Waals surface area contributed by atoms with Crippen molar-refractivity contribution in [2.24, 2.45) is 0 Å². The van der Waals surface area contributed by atoms with Crippen LogP contribution in [0.5, 0.6) is 0 Å². The quantitative estimate of drug-likeness (QED) is 0.839. The third-order valence-electron chi connectivity index (χ3n) is 2.29. The van der Waals surface area contributed by atoms with Gasteiger partial charge < -0.3 is 15.2 Å². The highest BCUT2D eigenvalue weighted by Gasteiger charge is 2.02. The van der Waals surface area contributed by atoms with Crippen LogP contribution in [0.2, 0.25) is 0 Å². The zero-order valence-corrected chi connectivity index (χ0v) is 11.3. The first-order valence-electron chi connectivity index (χ1n) is 5.26. The number of hydrogen-bond donors (Lipinski definition) is 2. The lowest BCUT2D eigenvalue weighted by Gasteiger charge is -2.11. The molecule has 0 radical (unpaired) electrons. The number of hydrogen-bond acceptors (Lipinski definition) is 3. The van der Waals surface area contributed by atoms with Gasteiger partial charge in [0.25, 0.3) is 0 Å². The van der Waals surface area contributed by atoms with E-state index in [1.54, 1.807) is 7.11 Å². The van der Waals surface area contributed by atoms with Gasteiger partial charge in [-0.2, -0.15) is 0 Å². The molecular formula is C12H18BrNO2. The Morgan fingerprint density at radius 2 is 2.25 bits per heavy atom. The molecule has 0 aromatic heterocycles. The van der Waals surface area contributed by atoms with Crippen molar-refractivity contribution in [1.29, 1.82) is 0 Å². The fraction of sp³-hybridized carbons (Fsp3) is 0.500. The van der Waals surface area contributed by atoms with Crippen molar-refractivity contribution in [3.8, 4) is 0 Å². The van der Waals surface area contributed by atoms with E-state index in [1.165, 1.54) is 11.1 Å². The van der Waals surface area contributed by atoms with E-state index >= 15 is 0 Å².